The number of amides is 1. The zero-order chi connectivity index (χ0) is 23.3. The van der Waals surface area contributed by atoms with Crippen molar-refractivity contribution >= 4 is 17.4 Å². The summed E-state index contributed by atoms with van der Waals surface area (Å²) in [4.78, 5) is 18.6. The number of anilines is 1. The Labute approximate surface area is 189 Å². The number of carbonyl (C=O) groups excluding carboxylic acids is 1. The smallest absolute Gasteiger partial charge is 0.358 e. The number of fused-ring (bicyclic) bond motifs is 1. The minimum Gasteiger partial charge on any atom is -0.358 e. The van der Waals surface area contributed by atoms with E-state index in [9.17, 15) is 18.0 Å². The lowest BCUT2D eigenvalue weighted by molar-refractivity contribution is -0.140. The van der Waals surface area contributed by atoms with Crippen LogP contribution in [0, 0.1) is 0 Å². The fraction of sp³-hybridized carbons (Fsp3) is 0.522. The van der Waals surface area contributed by atoms with Gasteiger partial charge in [0.2, 0.25) is 0 Å². The lowest BCUT2D eigenvalue weighted by Gasteiger charge is -2.36. The van der Waals surface area contributed by atoms with Crippen LogP contribution in [-0.2, 0) is 13.2 Å². The second-order valence-corrected chi connectivity index (χ2v) is 9.17. The first-order valence-corrected chi connectivity index (χ1v) is 11.3. The minimum absolute atomic E-state index is 0.0651. The lowest BCUT2D eigenvalue weighted by Crippen LogP contribution is -2.43. The Bertz CT molecular complexity index is 1170. The standard InChI is InChI=1S/C23H27F3N6O/c1-30(20-5-3-4-19-29-18(13-32(19)20)23(24,25)26)16-10-8-15(9-11-16)28-22(33)17-12-27-31(2)21(17)14-6-7-14/h3-5,12-16H,6-11H2,1-2H3,(H,28,33). The summed E-state index contributed by atoms with van der Waals surface area (Å²) in [6.45, 7) is 0. The van der Waals surface area contributed by atoms with Crippen LogP contribution in [0.15, 0.2) is 30.6 Å². The number of hydrogen-bond donors (Lipinski definition) is 1. The summed E-state index contributed by atoms with van der Waals surface area (Å²) in [6.07, 6.45) is 3.73. The molecular weight excluding hydrogens is 433 g/mol. The predicted octanol–water partition coefficient (Wildman–Crippen LogP) is 4.14. The van der Waals surface area contributed by atoms with E-state index in [1.54, 1.807) is 23.0 Å². The van der Waals surface area contributed by atoms with E-state index in [-0.39, 0.29) is 23.6 Å². The van der Waals surface area contributed by atoms with Gasteiger partial charge in [-0.3, -0.25) is 13.9 Å². The van der Waals surface area contributed by atoms with Crippen molar-refractivity contribution in [3.8, 4) is 0 Å². The molecule has 3 heterocycles. The molecule has 0 bridgehead atoms. The summed E-state index contributed by atoms with van der Waals surface area (Å²) >= 11 is 0. The minimum atomic E-state index is -4.48. The number of halogens is 3. The van der Waals surface area contributed by atoms with Crippen molar-refractivity contribution in [2.45, 2.75) is 62.7 Å². The van der Waals surface area contributed by atoms with E-state index >= 15 is 0 Å². The maximum Gasteiger partial charge on any atom is 0.434 e. The average Bonchev–Trinajstić information content (AvgIpc) is 3.37. The van der Waals surface area contributed by atoms with E-state index in [0.29, 0.717) is 17.3 Å². The highest BCUT2D eigenvalue weighted by atomic mass is 19.4. The molecule has 33 heavy (non-hydrogen) atoms. The molecule has 0 atom stereocenters. The van der Waals surface area contributed by atoms with Crippen molar-refractivity contribution in [1.82, 2.24) is 24.5 Å². The molecule has 0 aliphatic heterocycles. The van der Waals surface area contributed by atoms with Gasteiger partial charge >= 0.3 is 6.18 Å². The number of aryl methyl sites for hydroxylation is 1. The largest absolute Gasteiger partial charge is 0.434 e. The molecule has 2 aliphatic rings. The van der Waals surface area contributed by atoms with Gasteiger partial charge in [-0.15, -0.1) is 0 Å². The fourth-order valence-corrected chi connectivity index (χ4v) is 4.94. The van der Waals surface area contributed by atoms with Crippen molar-refractivity contribution in [2.75, 3.05) is 11.9 Å². The molecule has 1 N–H and O–H groups in total. The van der Waals surface area contributed by atoms with Gasteiger partial charge in [0.15, 0.2) is 5.69 Å². The van der Waals surface area contributed by atoms with Crippen molar-refractivity contribution < 1.29 is 18.0 Å². The number of nitrogens with zero attached hydrogens (tertiary/aromatic N) is 5. The van der Waals surface area contributed by atoms with E-state index in [2.05, 4.69) is 15.4 Å². The summed E-state index contributed by atoms with van der Waals surface area (Å²) < 4.78 is 42.7. The Morgan fingerprint density at radius 1 is 1.15 bits per heavy atom. The monoisotopic (exact) mass is 460 g/mol. The summed E-state index contributed by atoms with van der Waals surface area (Å²) in [6, 6.07) is 5.36. The Balaban J connectivity index is 1.24. The van der Waals surface area contributed by atoms with Crippen LogP contribution < -0.4 is 10.2 Å². The number of nitrogens with one attached hydrogen (secondary N) is 1. The van der Waals surface area contributed by atoms with Gasteiger partial charge in [0.1, 0.15) is 11.5 Å². The number of carbonyl (C=O) groups is 1. The Kier molecular flexibility index (Phi) is 5.33. The third kappa shape index (κ3) is 4.18. The third-order valence-electron chi connectivity index (χ3n) is 6.90. The van der Waals surface area contributed by atoms with Gasteiger partial charge in [-0.25, -0.2) is 4.98 Å². The molecule has 2 fully saturated rings. The molecule has 2 aliphatic carbocycles. The number of aromatic nitrogens is 4. The molecule has 0 unspecified atom stereocenters. The number of hydrogen-bond acceptors (Lipinski definition) is 4. The van der Waals surface area contributed by atoms with Crippen LogP contribution in [0.25, 0.3) is 5.65 Å². The second kappa shape index (κ2) is 8.07. The highest BCUT2D eigenvalue weighted by molar-refractivity contribution is 5.95. The van der Waals surface area contributed by atoms with Gasteiger partial charge in [0, 0.05) is 38.3 Å². The molecule has 7 nitrogen and oxygen atoms in total. The van der Waals surface area contributed by atoms with Crippen LogP contribution >= 0.6 is 0 Å². The topological polar surface area (TPSA) is 67.5 Å². The Morgan fingerprint density at radius 3 is 2.55 bits per heavy atom. The number of imidazole rings is 1. The molecule has 0 saturated heterocycles. The number of rotatable bonds is 5. The Hall–Kier alpha value is -3.04. The second-order valence-electron chi connectivity index (χ2n) is 9.17. The van der Waals surface area contributed by atoms with Gasteiger partial charge in [0.05, 0.1) is 17.5 Å². The van der Waals surface area contributed by atoms with Crippen LogP contribution in [0.3, 0.4) is 0 Å². The van der Waals surface area contributed by atoms with Crippen molar-refractivity contribution in [1.29, 1.82) is 0 Å². The molecule has 0 spiro atoms. The number of alkyl halides is 3. The third-order valence-corrected chi connectivity index (χ3v) is 6.90. The summed E-state index contributed by atoms with van der Waals surface area (Å²) in [5.41, 5.74) is 1.07. The van der Waals surface area contributed by atoms with Crippen molar-refractivity contribution in [3.63, 3.8) is 0 Å². The van der Waals surface area contributed by atoms with Gasteiger partial charge in [0.25, 0.3) is 5.91 Å². The van der Waals surface area contributed by atoms with E-state index in [4.69, 9.17) is 0 Å². The summed E-state index contributed by atoms with van der Waals surface area (Å²) in [7, 11) is 3.78. The molecular formula is C23H27F3N6O. The highest BCUT2D eigenvalue weighted by Crippen LogP contribution is 2.41. The fourth-order valence-electron chi connectivity index (χ4n) is 4.94. The molecule has 176 valence electrons. The summed E-state index contributed by atoms with van der Waals surface area (Å²) in [5.74, 6) is 1.04. The van der Waals surface area contributed by atoms with E-state index in [1.165, 1.54) is 4.40 Å². The molecule has 3 aromatic heterocycles. The highest BCUT2D eigenvalue weighted by Gasteiger charge is 2.35. The zero-order valence-corrected chi connectivity index (χ0v) is 18.6. The van der Waals surface area contributed by atoms with Crippen molar-refractivity contribution in [2.24, 2.45) is 7.05 Å². The molecule has 0 radical (unpaired) electrons. The lowest BCUT2D eigenvalue weighted by atomic mass is 9.90. The van der Waals surface area contributed by atoms with Gasteiger partial charge in [-0.2, -0.15) is 18.3 Å². The quantitative estimate of drug-likeness (QED) is 0.622. The maximum absolute atomic E-state index is 13.1. The average molecular weight is 461 g/mol. The van der Waals surface area contributed by atoms with Gasteiger partial charge < -0.3 is 10.2 Å². The maximum atomic E-state index is 13.1. The van der Waals surface area contributed by atoms with Crippen molar-refractivity contribution in [3.05, 3.63) is 47.5 Å². The van der Waals surface area contributed by atoms with E-state index < -0.39 is 11.9 Å². The van der Waals surface area contributed by atoms with Crippen LogP contribution in [0.2, 0.25) is 0 Å². The van der Waals surface area contributed by atoms with Crippen LogP contribution in [-0.4, -0.2) is 44.2 Å². The predicted molar refractivity (Wildman–Crippen MR) is 117 cm³/mol. The molecule has 3 aromatic rings. The van der Waals surface area contributed by atoms with E-state index in [1.807, 2.05) is 25.1 Å². The molecule has 10 heteroatoms. The normalized spacial score (nSPS) is 21.4. The SMILES string of the molecule is CN(c1cccc2nc(C(F)(F)F)cn12)C1CCC(NC(=O)c2cnn(C)c2C2CC2)CC1. The van der Waals surface area contributed by atoms with E-state index in [0.717, 1.165) is 50.4 Å². The first kappa shape index (κ1) is 21.8. The first-order valence-electron chi connectivity index (χ1n) is 11.3. The molecule has 2 saturated carbocycles. The van der Waals surface area contributed by atoms with Gasteiger partial charge in [-0.1, -0.05) is 6.07 Å². The van der Waals surface area contributed by atoms with Gasteiger partial charge in [-0.05, 0) is 50.7 Å². The number of pyridine rings is 1. The van der Waals surface area contributed by atoms with Crippen LogP contribution in [0.1, 0.15) is 66.2 Å². The summed E-state index contributed by atoms with van der Waals surface area (Å²) in [5, 5.41) is 7.44. The zero-order valence-electron chi connectivity index (χ0n) is 18.6. The molecule has 5 rings (SSSR count). The molecule has 0 aromatic carbocycles. The first-order chi connectivity index (χ1) is 15.7. The van der Waals surface area contributed by atoms with Crippen LogP contribution in [0.5, 0.6) is 0 Å². The van der Waals surface area contributed by atoms with Crippen LogP contribution in [0.4, 0.5) is 19.0 Å². The molecule has 1 amide bonds. The Morgan fingerprint density at radius 2 is 1.88 bits per heavy atom.